The first-order chi connectivity index (χ1) is 14.1. The Kier molecular flexibility index (Phi) is 7.28. The Bertz CT molecular complexity index is 793. The van der Waals surface area contributed by atoms with E-state index < -0.39 is 17.1 Å². The van der Waals surface area contributed by atoms with E-state index in [1.807, 2.05) is 0 Å². The van der Waals surface area contributed by atoms with Crippen molar-refractivity contribution in [3.8, 4) is 0 Å². The third kappa shape index (κ3) is 7.16. The van der Waals surface area contributed by atoms with Crippen LogP contribution in [0, 0.1) is 0 Å². The summed E-state index contributed by atoms with van der Waals surface area (Å²) in [5, 5.41) is 3.22. The fourth-order valence-electron chi connectivity index (χ4n) is 3.05. The van der Waals surface area contributed by atoms with Crippen LogP contribution in [0.3, 0.4) is 0 Å². The van der Waals surface area contributed by atoms with Crippen LogP contribution in [0.4, 0.5) is 26.3 Å². The number of nitrogens with one attached hydrogen (secondary N) is 1. The zero-order valence-electron chi connectivity index (χ0n) is 15.6. The van der Waals surface area contributed by atoms with Gasteiger partial charge in [-0.15, -0.1) is 0 Å². The van der Waals surface area contributed by atoms with Gasteiger partial charge in [-0.05, 0) is 71.8 Å². The van der Waals surface area contributed by atoms with Gasteiger partial charge in [-0.2, -0.15) is 26.3 Å². The molecule has 0 bridgehead atoms. The van der Waals surface area contributed by atoms with Crippen LogP contribution in [0.1, 0.15) is 36.4 Å². The molecular formula is C20H18F6N2S2. The molecule has 0 unspecified atom stereocenters. The van der Waals surface area contributed by atoms with Crippen LogP contribution >= 0.6 is 23.5 Å². The van der Waals surface area contributed by atoms with Crippen LogP contribution in [-0.2, 0) is 0 Å². The summed E-state index contributed by atoms with van der Waals surface area (Å²) in [5.41, 5.74) is -7.42. The molecule has 1 fully saturated rings. The monoisotopic (exact) mass is 464 g/mol. The second-order valence-corrected chi connectivity index (χ2v) is 8.87. The molecule has 10 heteroatoms. The number of rotatable bonds is 5. The standard InChI is InChI=1S/C20H18F6N2S2/c21-19(22,23)29-15-8-4-13(5-9-15)18(28-17-3-1-2-12-27-17)14-6-10-16(11-7-14)30-20(24,25)26/h4-11,18H,1-3,12H2,(H,27,28). The lowest BCUT2D eigenvalue weighted by molar-refractivity contribution is -0.0337. The minimum atomic E-state index is -4.38. The van der Waals surface area contributed by atoms with Crippen molar-refractivity contribution in [3.05, 3.63) is 59.7 Å². The maximum atomic E-state index is 12.6. The fraction of sp³-hybridized carbons (Fsp3) is 0.350. The number of alkyl halides is 6. The summed E-state index contributed by atoms with van der Waals surface area (Å²) in [6.07, 6.45) is 2.75. The topological polar surface area (TPSA) is 24.4 Å². The fourth-order valence-corrected chi connectivity index (χ4v) is 4.13. The molecule has 2 aromatic rings. The van der Waals surface area contributed by atoms with Gasteiger partial charge in [0.15, 0.2) is 0 Å². The van der Waals surface area contributed by atoms with Crippen LogP contribution < -0.4 is 5.32 Å². The number of piperidine rings is 1. The maximum absolute atomic E-state index is 12.6. The van der Waals surface area contributed by atoms with Crippen molar-refractivity contribution in [2.24, 2.45) is 4.99 Å². The Labute approximate surface area is 178 Å². The van der Waals surface area contributed by atoms with Gasteiger partial charge in [0.25, 0.3) is 0 Å². The second-order valence-electron chi connectivity index (χ2n) is 6.60. The van der Waals surface area contributed by atoms with E-state index in [0.717, 1.165) is 31.6 Å². The zero-order valence-corrected chi connectivity index (χ0v) is 17.2. The predicted octanol–water partition coefficient (Wildman–Crippen LogP) is 7.17. The molecule has 0 saturated carbocycles. The molecule has 0 aromatic heterocycles. The SMILES string of the molecule is FC(F)(F)Sc1ccc(C(/N=C2/CCCCN2)c2ccc(SC(F)(F)F)cc2)cc1. The van der Waals surface area contributed by atoms with Crippen molar-refractivity contribution in [1.29, 1.82) is 0 Å². The molecule has 2 aromatic carbocycles. The van der Waals surface area contributed by atoms with Crippen molar-refractivity contribution in [3.63, 3.8) is 0 Å². The highest BCUT2D eigenvalue weighted by atomic mass is 32.2. The van der Waals surface area contributed by atoms with E-state index in [-0.39, 0.29) is 33.3 Å². The molecule has 1 saturated heterocycles. The molecular weight excluding hydrogens is 446 g/mol. The van der Waals surface area contributed by atoms with E-state index in [2.05, 4.69) is 5.32 Å². The van der Waals surface area contributed by atoms with Gasteiger partial charge in [-0.3, -0.25) is 4.99 Å². The van der Waals surface area contributed by atoms with Crippen molar-refractivity contribution in [2.45, 2.75) is 46.1 Å². The van der Waals surface area contributed by atoms with Gasteiger partial charge >= 0.3 is 11.0 Å². The third-order valence-corrected chi connectivity index (χ3v) is 5.79. The zero-order chi connectivity index (χ0) is 21.8. The lowest BCUT2D eigenvalue weighted by Gasteiger charge is -2.21. The molecule has 0 spiro atoms. The van der Waals surface area contributed by atoms with E-state index in [1.165, 1.54) is 24.3 Å². The number of benzene rings is 2. The molecule has 3 rings (SSSR count). The molecule has 30 heavy (non-hydrogen) atoms. The smallest absolute Gasteiger partial charge is 0.374 e. The summed E-state index contributed by atoms with van der Waals surface area (Å²) in [7, 11) is 0. The Morgan fingerprint density at radius 3 is 1.57 bits per heavy atom. The molecule has 0 amide bonds. The highest BCUT2D eigenvalue weighted by Gasteiger charge is 2.30. The van der Waals surface area contributed by atoms with Crippen LogP contribution in [0.25, 0.3) is 0 Å². The number of hydrogen-bond acceptors (Lipinski definition) is 3. The quantitative estimate of drug-likeness (QED) is 0.375. The molecule has 0 radical (unpaired) electrons. The van der Waals surface area contributed by atoms with Crippen LogP contribution in [0.5, 0.6) is 0 Å². The Morgan fingerprint density at radius 1 is 0.733 bits per heavy atom. The van der Waals surface area contributed by atoms with Crippen molar-refractivity contribution < 1.29 is 26.3 Å². The summed E-state index contributed by atoms with van der Waals surface area (Å²) in [5.74, 6) is 0.786. The van der Waals surface area contributed by atoms with Gasteiger partial charge in [0, 0.05) is 22.8 Å². The molecule has 1 aliphatic rings. The summed E-state index contributed by atoms with van der Waals surface area (Å²) < 4.78 is 75.5. The minimum absolute atomic E-state index is 0.0605. The number of halogens is 6. The van der Waals surface area contributed by atoms with Crippen LogP contribution in [0.2, 0.25) is 0 Å². The Balaban J connectivity index is 1.89. The van der Waals surface area contributed by atoms with E-state index in [0.29, 0.717) is 11.1 Å². The average Bonchev–Trinajstić information content (AvgIpc) is 2.66. The van der Waals surface area contributed by atoms with Crippen molar-refractivity contribution in [1.82, 2.24) is 5.32 Å². The van der Waals surface area contributed by atoms with Crippen molar-refractivity contribution in [2.75, 3.05) is 6.54 Å². The van der Waals surface area contributed by atoms with Crippen LogP contribution in [-0.4, -0.2) is 23.4 Å². The molecule has 0 atom stereocenters. The van der Waals surface area contributed by atoms with Gasteiger partial charge in [0.1, 0.15) is 6.04 Å². The summed E-state index contributed by atoms with van der Waals surface area (Å²) in [4.78, 5) is 4.85. The second kappa shape index (κ2) is 9.55. The average molecular weight is 464 g/mol. The Hall–Kier alpha value is -1.81. The summed E-state index contributed by atoms with van der Waals surface area (Å²) in [6.45, 7) is 0.786. The normalized spacial score (nSPS) is 16.7. The van der Waals surface area contributed by atoms with Gasteiger partial charge in [0.2, 0.25) is 0 Å². The third-order valence-electron chi connectivity index (χ3n) is 4.31. The molecule has 0 aliphatic carbocycles. The van der Waals surface area contributed by atoms with Gasteiger partial charge in [-0.25, -0.2) is 0 Å². The van der Waals surface area contributed by atoms with E-state index >= 15 is 0 Å². The lowest BCUT2D eigenvalue weighted by Crippen LogP contribution is -2.29. The van der Waals surface area contributed by atoms with E-state index in [4.69, 9.17) is 4.99 Å². The number of aliphatic imine (C=N–C) groups is 1. The first-order valence-electron chi connectivity index (χ1n) is 9.11. The first-order valence-corrected chi connectivity index (χ1v) is 10.7. The number of thioether (sulfide) groups is 2. The minimum Gasteiger partial charge on any atom is -0.374 e. The number of nitrogens with zero attached hydrogens (tertiary/aromatic N) is 1. The highest BCUT2D eigenvalue weighted by molar-refractivity contribution is 8.00. The lowest BCUT2D eigenvalue weighted by atomic mass is 9.99. The summed E-state index contributed by atoms with van der Waals surface area (Å²) >= 11 is -0.395. The first kappa shape index (κ1) is 22.9. The number of hydrogen-bond donors (Lipinski definition) is 1. The highest BCUT2D eigenvalue weighted by Crippen LogP contribution is 2.39. The summed E-state index contributed by atoms with van der Waals surface area (Å²) in [6, 6.07) is 11.3. The van der Waals surface area contributed by atoms with Gasteiger partial charge in [0.05, 0.1) is 5.84 Å². The molecule has 1 heterocycles. The van der Waals surface area contributed by atoms with Crippen molar-refractivity contribution >= 4 is 29.4 Å². The molecule has 2 nitrogen and oxygen atoms in total. The largest absolute Gasteiger partial charge is 0.446 e. The van der Waals surface area contributed by atoms with Gasteiger partial charge < -0.3 is 5.32 Å². The number of amidine groups is 1. The Morgan fingerprint density at radius 2 is 1.20 bits per heavy atom. The van der Waals surface area contributed by atoms with E-state index in [9.17, 15) is 26.3 Å². The van der Waals surface area contributed by atoms with Crippen LogP contribution in [0.15, 0.2) is 63.3 Å². The molecule has 162 valence electrons. The predicted molar refractivity (Wildman–Crippen MR) is 108 cm³/mol. The van der Waals surface area contributed by atoms with E-state index in [1.54, 1.807) is 24.3 Å². The molecule has 1 aliphatic heterocycles. The maximum Gasteiger partial charge on any atom is 0.446 e. The molecule has 1 N–H and O–H groups in total. The van der Waals surface area contributed by atoms with Gasteiger partial charge in [-0.1, -0.05) is 24.3 Å².